The van der Waals surface area contributed by atoms with Crippen molar-refractivity contribution in [1.29, 1.82) is 0 Å². The van der Waals surface area contributed by atoms with E-state index in [4.69, 9.17) is 4.74 Å². The van der Waals surface area contributed by atoms with Crippen LogP contribution >= 0.6 is 0 Å². The number of benzene rings is 1. The number of hydrogen-bond acceptors (Lipinski definition) is 4. The summed E-state index contributed by atoms with van der Waals surface area (Å²) in [4.78, 5) is 10.5. The molecule has 1 saturated carbocycles. The van der Waals surface area contributed by atoms with Crippen LogP contribution < -0.4 is 5.32 Å². The summed E-state index contributed by atoms with van der Waals surface area (Å²) < 4.78 is 5.58. The number of anilines is 1. The van der Waals surface area contributed by atoms with Gasteiger partial charge in [0.05, 0.1) is 11.5 Å². The minimum atomic E-state index is -0.368. The molecule has 18 heavy (non-hydrogen) atoms. The molecule has 1 fully saturated rings. The highest BCUT2D eigenvalue weighted by Gasteiger charge is 2.21. The van der Waals surface area contributed by atoms with Crippen LogP contribution in [0.15, 0.2) is 18.2 Å². The van der Waals surface area contributed by atoms with Crippen molar-refractivity contribution in [3.63, 3.8) is 0 Å². The van der Waals surface area contributed by atoms with Crippen molar-refractivity contribution < 1.29 is 9.66 Å². The number of nitrogens with zero attached hydrogens (tertiary/aromatic N) is 1. The minimum Gasteiger partial charge on any atom is -0.380 e. The lowest BCUT2D eigenvalue weighted by Crippen LogP contribution is -2.03. The van der Waals surface area contributed by atoms with E-state index in [-0.39, 0.29) is 10.6 Å². The van der Waals surface area contributed by atoms with Gasteiger partial charge in [0.1, 0.15) is 5.69 Å². The Morgan fingerprint density at radius 1 is 1.50 bits per heavy atom. The Bertz CT molecular complexity index is 430. The first kappa shape index (κ1) is 12.8. The molecule has 0 bridgehead atoms. The smallest absolute Gasteiger partial charge is 0.292 e. The largest absolute Gasteiger partial charge is 0.380 e. The van der Waals surface area contributed by atoms with Gasteiger partial charge in [0.25, 0.3) is 5.69 Å². The van der Waals surface area contributed by atoms with Crippen LogP contribution in [0, 0.1) is 16.0 Å². The third-order valence-electron chi connectivity index (χ3n) is 2.94. The summed E-state index contributed by atoms with van der Waals surface area (Å²) in [5.41, 5.74) is 1.65. The topological polar surface area (TPSA) is 64.4 Å². The molecule has 0 spiro atoms. The minimum absolute atomic E-state index is 0.114. The number of hydrogen-bond donors (Lipinski definition) is 1. The predicted molar refractivity (Wildman–Crippen MR) is 69.6 cm³/mol. The number of nitrogens with one attached hydrogen (secondary N) is 1. The molecule has 1 N–H and O–H groups in total. The molecular weight excluding hydrogens is 232 g/mol. The normalized spacial score (nSPS) is 14.5. The molecule has 0 atom stereocenters. The summed E-state index contributed by atoms with van der Waals surface area (Å²) >= 11 is 0. The lowest BCUT2D eigenvalue weighted by molar-refractivity contribution is -0.384. The Labute approximate surface area is 106 Å². The zero-order valence-corrected chi connectivity index (χ0v) is 10.5. The molecule has 0 saturated heterocycles. The Balaban J connectivity index is 2.01. The van der Waals surface area contributed by atoms with Crippen molar-refractivity contribution in [2.24, 2.45) is 5.92 Å². The fourth-order valence-corrected chi connectivity index (χ4v) is 1.79. The van der Waals surface area contributed by atoms with Crippen molar-refractivity contribution in [1.82, 2.24) is 0 Å². The average Bonchev–Trinajstić information content (AvgIpc) is 3.13. The lowest BCUT2D eigenvalue weighted by Gasteiger charge is -2.08. The zero-order chi connectivity index (χ0) is 13.0. The number of nitro groups is 1. The van der Waals surface area contributed by atoms with E-state index in [9.17, 15) is 10.1 Å². The zero-order valence-electron chi connectivity index (χ0n) is 10.5. The van der Waals surface area contributed by atoms with E-state index >= 15 is 0 Å². The van der Waals surface area contributed by atoms with Gasteiger partial charge in [0, 0.05) is 19.2 Å². The van der Waals surface area contributed by atoms with Crippen molar-refractivity contribution in [3.8, 4) is 0 Å². The van der Waals surface area contributed by atoms with E-state index in [1.54, 1.807) is 12.1 Å². The Morgan fingerprint density at radius 2 is 2.28 bits per heavy atom. The van der Waals surface area contributed by atoms with Crippen molar-refractivity contribution >= 4 is 11.4 Å². The molecule has 0 radical (unpaired) electrons. The molecule has 98 valence electrons. The van der Waals surface area contributed by atoms with Crippen LogP contribution in [-0.2, 0) is 11.3 Å². The van der Waals surface area contributed by atoms with E-state index in [1.165, 1.54) is 18.9 Å². The summed E-state index contributed by atoms with van der Waals surface area (Å²) in [6, 6.07) is 5.09. The van der Waals surface area contributed by atoms with Gasteiger partial charge in [-0.3, -0.25) is 10.1 Å². The standard InChI is InChI=1S/C13H18N2O3/c1-2-14-12-7-11(5-6-13(12)15(16)17)9-18-8-10-3-4-10/h5-7,10,14H,2-4,8-9H2,1H3. The maximum absolute atomic E-state index is 10.9. The molecule has 1 aromatic carbocycles. The van der Waals surface area contributed by atoms with E-state index in [0.29, 0.717) is 18.8 Å². The van der Waals surface area contributed by atoms with Gasteiger partial charge in [-0.15, -0.1) is 0 Å². The van der Waals surface area contributed by atoms with Gasteiger partial charge in [-0.2, -0.15) is 0 Å². The van der Waals surface area contributed by atoms with Crippen LogP contribution in [0.5, 0.6) is 0 Å². The van der Waals surface area contributed by atoms with Crippen molar-refractivity contribution in [2.75, 3.05) is 18.5 Å². The van der Waals surface area contributed by atoms with Crippen LogP contribution in [0.3, 0.4) is 0 Å². The van der Waals surface area contributed by atoms with E-state index < -0.39 is 0 Å². The maximum atomic E-state index is 10.9. The molecule has 5 nitrogen and oxygen atoms in total. The van der Waals surface area contributed by atoms with Crippen molar-refractivity contribution in [3.05, 3.63) is 33.9 Å². The fourth-order valence-electron chi connectivity index (χ4n) is 1.79. The first-order valence-corrected chi connectivity index (χ1v) is 6.29. The summed E-state index contributed by atoms with van der Waals surface area (Å²) in [5, 5.41) is 13.9. The second-order valence-electron chi connectivity index (χ2n) is 4.60. The molecule has 1 aliphatic rings. The highest BCUT2D eigenvalue weighted by Crippen LogP contribution is 2.30. The third-order valence-corrected chi connectivity index (χ3v) is 2.94. The molecule has 0 unspecified atom stereocenters. The monoisotopic (exact) mass is 250 g/mol. The van der Waals surface area contributed by atoms with Gasteiger partial charge in [-0.05, 0) is 43.4 Å². The molecule has 1 aliphatic carbocycles. The third kappa shape index (κ3) is 3.43. The highest BCUT2D eigenvalue weighted by molar-refractivity contribution is 5.62. The van der Waals surface area contributed by atoms with Gasteiger partial charge < -0.3 is 10.1 Å². The summed E-state index contributed by atoms with van der Waals surface area (Å²) in [6.07, 6.45) is 2.53. The summed E-state index contributed by atoms with van der Waals surface area (Å²) in [7, 11) is 0. The van der Waals surface area contributed by atoms with Crippen LogP contribution in [0.1, 0.15) is 25.3 Å². The average molecular weight is 250 g/mol. The van der Waals surface area contributed by atoms with E-state index in [2.05, 4.69) is 5.32 Å². The molecule has 1 aromatic rings. The van der Waals surface area contributed by atoms with Crippen molar-refractivity contribution in [2.45, 2.75) is 26.4 Å². The first-order valence-electron chi connectivity index (χ1n) is 6.29. The molecule has 0 aliphatic heterocycles. The van der Waals surface area contributed by atoms with Gasteiger partial charge in [0.15, 0.2) is 0 Å². The Kier molecular flexibility index (Phi) is 4.15. The van der Waals surface area contributed by atoms with Gasteiger partial charge >= 0.3 is 0 Å². The number of nitro benzene ring substituents is 1. The van der Waals surface area contributed by atoms with Gasteiger partial charge in [-0.25, -0.2) is 0 Å². The molecule has 0 amide bonds. The van der Waals surface area contributed by atoms with E-state index in [1.807, 2.05) is 6.92 Å². The van der Waals surface area contributed by atoms with Gasteiger partial charge in [0.2, 0.25) is 0 Å². The lowest BCUT2D eigenvalue weighted by atomic mass is 10.2. The molecule has 5 heteroatoms. The molecule has 0 aromatic heterocycles. The van der Waals surface area contributed by atoms with Crippen LogP contribution in [0.4, 0.5) is 11.4 Å². The highest BCUT2D eigenvalue weighted by atomic mass is 16.6. The second-order valence-corrected chi connectivity index (χ2v) is 4.60. The summed E-state index contributed by atoms with van der Waals surface area (Å²) in [6.45, 7) is 3.90. The predicted octanol–water partition coefficient (Wildman–Crippen LogP) is 2.95. The van der Waals surface area contributed by atoms with Crippen LogP contribution in [0.25, 0.3) is 0 Å². The van der Waals surface area contributed by atoms with E-state index in [0.717, 1.165) is 18.1 Å². The Hall–Kier alpha value is -1.62. The number of ether oxygens (including phenoxy) is 1. The van der Waals surface area contributed by atoms with Crippen LogP contribution in [0.2, 0.25) is 0 Å². The molecular formula is C13H18N2O3. The first-order chi connectivity index (χ1) is 8.70. The van der Waals surface area contributed by atoms with Gasteiger partial charge in [-0.1, -0.05) is 0 Å². The maximum Gasteiger partial charge on any atom is 0.292 e. The summed E-state index contributed by atoms with van der Waals surface area (Å²) in [5.74, 6) is 0.733. The second kappa shape index (κ2) is 5.82. The fraction of sp³-hybridized carbons (Fsp3) is 0.538. The SMILES string of the molecule is CCNc1cc(COCC2CC2)ccc1[N+](=O)[O-]. The molecule has 2 rings (SSSR count). The molecule has 0 heterocycles. The van der Waals surface area contributed by atoms with Crippen LogP contribution in [-0.4, -0.2) is 18.1 Å². The Morgan fingerprint density at radius 3 is 2.89 bits per heavy atom. The number of rotatable bonds is 7. The quantitative estimate of drug-likeness (QED) is 0.597.